The van der Waals surface area contributed by atoms with Gasteiger partial charge in [-0.1, -0.05) is 0 Å². The van der Waals surface area contributed by atoms with Crippen LogP contribution in [0.5, 0.6) is 0 Å². The standard InChI is InChI=1S/C11H14IN3O2/c12-8-3-4-10(11(6-8)15(16)17)14-7-9-2-1-5-13-9/h3-4,6,9,13-14H,1-2,5,7H2. The summed E-state index contributed by atoms with van der Waals surface area (Å²) in [4.78, 5) is 10.6. The molecule has 0 aliphatic carbocycles. The molecule has 1 aromatic rings. The number of nitrogens with one attached hydrogen (secondary N) is 2. The topological polar surface area (TPSA) is 67.2 Å². The molecule has 1 unspecified atom stereocenters. The maximum absolute atomic E-state index is 10.9. The molecule has 2 N–H and O–H groups in total. The quantitative estimate of drug-likeness (QED) is 0.499. The SMILES string of the molecule is O=[N+]([O-])c1cc(I)ccc1NCC1CCCN1. The lowest BCUT2D eigenvalue weighted by Gasteiger charge is -2.12. The lowest BCUT2D eigenvalue weighted by Crippen LogP contribution is -2.29. The first-order chi connectivity index (χ1) is 8.16. The Morgan fingerprint density at radius 3 is 3.06 bits per heavy atom. The Morgan fingerprint density at radius 1 is 1.59 bits per heavy atom. The summed E-state index contributed by atoms with van der Waals surface area (Å²) < 4.78 is 0.874. The Kier molecular flexibility index (Phi) is 4.16. The zero-order valence-corrected chi connectivity index (χ0v) is 11.4. The molecular formula is C11H14IN3O2. The van der Waals surface area contributed by atoms with E-state index in [0.29, 0.717) is 11.7 Å². The summed E-state index contributed by atoms with van der Waals surface area (Å²) in [6, 6.07) is 5.66. The molecule has 1 aliphatic rings. The van der Waals surface area contributed by atoms with Gasteiger partial charge in [-0.25, -0.2) is 0 Å². The normalized spacial score (nSPS) is 19.2. The Labute approximate surface area is 113 Å². The van der Waals surface area contributed by atoms with Crippen molar-refractivity contribution in [2.45, 2.75) is 18.9 Å². The number of rotatable bonds is 4. The average molecular weight is 347 g/mol. The minimum absolute atomic E-state index is 0.148. The molecule has 0 aromatic heterocycles. The maximum atomic E-state index is 10.9. The van der Waals surface area contributed by atoms with Crippen molar-refractivity contribution in [2.24, 2.45) is 0 Å². The van der Waals surface area contributed by atoms with Crippen LogP contribution in [0.3, 0.4) is 0 Å². The van der Waals surface area contributed by atoms with E-state index in [1.54, 1.807) is 12.1 Å². The molecule has 5 nitrogen and oxygen atoms in total. The lowest BCUT2D eigenvalue weighted by molar-refractivity contribution is -0.384. The van der Waals surface area contributed by atoms with E-state index in [4.69, 9.17) is 0 Å². The second kappa shape index (κ2) is 5.63. The summed E-state index contributed by atoms with van der Waals surface area (Å²) in [7, 11) is 0. The summed E-state index contributed by atoms with van der Waals surface area (Å²) in [6.07, 6.45) is 2.31. The van der Waals surface area contributed by atoms with E-state index in [1.165, 1.54) is 6.42 Å². The van der Waals surface area contributed by atoms with Gasteiger partial charge in [0.1, 0.15) is 5.69 Å². The molecule has 6 heteroatoms. The highest BCUT2D eigenvalue weighted by atomic mass is 127. The number of nitro groups is 1. The van der Waals surface area contributed by atoms with Crippen molar-refractivity contribution in [1.29, 1.82) is 0 Å². The monoisotopic (exact) mass is 347 g/mol. The Balaban J connectivity index is 2.06. The summed E-state index contributed by atoms with van der Waals surface area (Å²) in [6.45, 7) is 1.78. The predicted octanol–water partition coefficient (Wildman–Crippen LogP) is 2.36. The van der Waals surface area contributed by atoms with Crippen LogP contribution in [-0.4, -0.2) is 24.1 Å². The number of halogens is 1. The molecule has 17 heavy (non-hydrogen) atoms. The largest absolute Gasteiger partial charge is 0.378 e. The van der Waals surface area contributed by atoms with Crippen LogP contribution in [0.4, 0.5) is 11.4 Å². The van der Waals surface area contributed by atoms with E-state index < -0.39 is 0 Å². The average Bonchev–Trinajstić information content (AvgIpc) is 2.80. The third-order valence-electron chi connectivity index (χ3n) is 2.86. The summed E-state index contributed by atoms with van der Waals surface area (Å²) >= 11 is 2.08. The van der Waals surface area contributed by atoms with E-state index in [-0.39, 0.29) is 10.6 Å². The van der Waals surface area contributed by atoms with Gasteiger partial charge in [0.15, 0.2) is 0 Å². The van der Waals surface area contributed by atoms with E-state index in [9.17, 15) is 10.1 Å². The van der Waals surface area contributed by atoms with Crippen molar-refractivity contribution in [2.75, 3.05) is 18.4 Å². The van der Waals surface area contributed by atoms with Gasteiger partial charge in [-0.2, -0.15) is 0 Å². The Morgan fingerprint density at radius 2 is 2.41 bits per heavy atom. The summed E-state index contributed by atoms with van der Waals surface area (Å²) in [5.74, 6) is 0. The minimum Gasteiger partial charge on any atom is -0.378 e. The Bertz CT molecular complexity index is 419. The highest BCUT2D eigenvalue weighted by Gasteiger charge is 2.17. The van der Waals surface area contributed by atoms with Gasteiger partial charge in [-0.15, -0.1) is 0 Å². The zero-order chi connectivity index (χ0) is 12.3. The zero-order valence-electron chi connectivity index (χ0n) is 9.28. The van der Waals surface area contributed by atoms with Crippen LogP contribution in [0.1, 0.15) is 12.8 Å². The fraction of sp³-hybridized carbons (Fsp3) is 0.455. The smallest absolute Gasteiger partial charge is 0.293 e. The minimum atomic E-state index is -0.341. The van der Waals surface area contributed by atoms with E-state index >= 15 is 0 Å². The molecule has 1 aliphatic heterocycles. The van der Waals surface area contributed by atoms with Crippen LogP contribution >= 0.6 is 22.6 Å². The number of nitro benzene ring substituents is 1. The molecule has 1 fully saturated rings. The third kappa shape index (κ3) is 3.29. The van der Waals surface area contributed by atoms with E-state index in [2.05, 4.69) is 33.2 Å². The lowest BCUT2D eigenvalue weighted by atomic mass is 10.2. The van der Waals surface area contributed by atoms with Gasteiger partial charge in [0.2, 0.25) is 0 Å². The molecule has 0 radical (unpaired) electrons. The van der Waals surface area contributed by atoms with Gasteiger partial charge in [0, 0.05) is 22.2 Å². The third-order valence-corrected chi connectivity index (χ3v) is 3.53. The number of hydrogen-bond acceptors (Lipinski definition) is 4. The predicted molar refractivity (Wildman–Crippen MR) is 75.3 cm³/mol. The van der Waals surface area contributed by atoms with Crippen molar-refractivity contribution in [3.63, 3.8) is 0 Å². The molecule has 2 rings (SSSR count). The molecule has 1 aromatic carbocycles. The van der Waals surface area contributed by atoms with E-state index in [1.807, 2.05) is 6.07 Å². The summed E-state index contributed by atoms with van der Waals surface area (Å²) in [5.41, 5.74) is 0.749. The molecule has 1 saturated heterocycles. The van der Waals surface area contributed by atoms with Gasteiger partial charge in [0.05, 0.1) is 4.92 Å². The first-order valence-corrected chi connectivity index (χ1v) is 6.66. The maximum Gasteiger partial charge on any atom is 0.293 e. The first kappa shape index (κ1) is 12.6. The molecule has 0 bridgehead atoms. The molecular weight excluding hydrogens is 333 g/mol. The van der Waals surface area contributed by atoms with Crippen LogP contribution in [0.25, 0.3) is 0 Å². The molecule has 0 saturated carbocycles. The summed E-state index contributed by atoms with van der Waals surface area (Å²) in [5, 5.41) is 17.4. The van der Waals surface area contributed by atoms with Crippen molar-refractivity contribution in [3.8, 4) is 0 Å². The van der Waals surface area contributed by atoms with Crippen molar-refractivity contribution in [1.82, 2.24) is 5.32 Å². The second-order valence-corrected chi connectivity index (χ2v) is 5.34. The van der Waals surface area contributed by atoms with E-state index in [0.717, 1.165) is 23.1 Å². The van der Waals surface area contributed by atoms with Crippen LogP contribution in [0.2, 0.25) is 0 Å². The van der Waals surface area contributed by atoms with Crippen LogP contribution < -0.4 is 10.6 Å². The van der Waals surface area contributed by atoms with Gasteiger partial charge < -0.3 is 10.6 Å². The van der Waals surface area contributed by atoms with Gasteiger partial charge in [-0.3, -0.25) is 10.1 Å². The number of nitrogens with zero attached hydrogens (tertiary/aromatic N) is 1. The second-order valence-electron chi connectivity index (χ2n) is 4.09. The number of benzene rings is 1. The molecule has 92 valence electrons. The first-order valence-electron chi connectivity index (χ1n) is 5.58. The molecule has 1 atom stereocenters. The number of hydrogen-bond donors (Lipinski definition) is 2. The van der Waals surface area contributed by atoms with Gasteiger partial charge in [-0.05, 0) is 54.1 Å². The molecule has 0 spiro atoms. The van der Waals surface area contributed by atoms with Crippen LogP contribution in [0.15, 0.2) is 18.2 Å². The fourth-order valence-corrected chi connectivity index (χ4v) is 2.44. The highest BCUT2D eigenvalue weighted by molar-refractivity contribution is 14.1. The van der Waals surface area contributed by atoms with Gasteiger partial charge >= 0.3 is 0 Å². The van der Waals surface area contributed by atoms with Crippen molar-refractivity contribution < 1.29 is 4.92 Å². The molecule has 0 amide bonds. The number of anilines is 1. The van der Waals surface area contributed by atoms with Gasteiger partial charge in [0.25, 0.3) is 5.69 Å². The fourth-order valence-electron chi connectivity index (χ4n) is 1.97. The van der Waals surface area contributed by atoms with Crippen LogP contribution in [0, 0.1) is 13.7 Å². The van der Waals surface area contributed by atoms with Crippen molar-refractivity contribution in [3.05, 3.63) is 31.9 Å². The van der Waals surface area contributed by atoms with Crippen LogP contribution in [-0.2, 0) is 0 Å². The molecule has 1 heterocycles. The Hall–Kier alpha value is -0.890. The highest BCUT2D eigenvalue weighted by Crippen LogP contribution is 2.26. The van der Waals surface area contributed by atoms with Crippen molar-refractivity contribution >= 4 is 34.0 Å².